The second-order valence-corrected chi connectivity index (χ2v) is 2.74. The van der Waals surface area contributed by atoms with E-state index in [2.05, 4.69) is 0 Å². The van der Waals surface area contributed by atoms with Crippen molar-refractivity contribution in [3.05, 3.63) is 34.6 Å². The number of hydrogen-bond donors (Lipinski definition) is 0. The molecule has 0 aliphatic heterocycles. The van der Waals surface area contributed by atoms with Crippen molar-refractivity contribution in [2.45, 2.75) is 0 Å². The van der Waals surface area contributed by atoms with Gasteiger partial charge in [-0.25, -0.2) is 0 Å². The summed E-state index contributed by atoms with van der Waals surface area (Å²) in [6.07, 6.45) is 1.47. The van der Waals surface area contributed by atoms with Gasteiger partial charge >= 0.3 is 0 Å². The van der Waals surface area contributed by atoms with Crippen LogP contribution in [0.4, 0.5) is 5.69 Å². The summed E-state index contributed by atoms with van der Waals surface area (Å²) in [7, 11) is 1.45. The molecular formula is C9H7NO4. The summed E-state index contributed by atoms with van der Waals surface area (Å²) in [6.45, 7) is 0. The van der Waals surface area contributed by atoms with Crippen LogP contribution in [-0.2, 0) is 0 Å². The number of non-ortho nitro benzene ring substituents is 1. The first-order valence-electron chi connectivity index (χ1n) is 3.92. The van der Waals surface area contributed by atoms with Gasteiger partial charge < -0.3 is 9.15 Å². The molecule has 14 heavy (non-hydrogen) atoms. The Morgan fingerprint density at radius 3 is 2.93 bits per heavy atom. The number of furan rings is 1. The van der Waals surface area contributed by atoms with E-state index in [0.29, 0.717) is 16.7 Å². The second-order valence-electron chi connectivity index (χ2n) is 2.74. The molecule has 0 saturated carbocycles. The van der Waals surface area contributed by atoms with Crippen molar-refractivity contribution in [3.8, 4) is 5.75 Å². The van der Waals surface area contributed by atoms with Gasteiger partial charge in [0, 0.05) is 11.5 Å². The molecule has 0 N–H and O–H groups in total. The van der Waals surface area contributed by atoms with Gasteiger partial charge in [0.15, 0.2) is 11.3 Å². The molecule has 1 aromatic carbocycles. The van der Waals surface area contributed by atoms with Crippen molar-refractivity contribution < 1.29 is 14.1 Å². The summed E-state index contributed by atoms with van der Waals surface area (Å²) in [5.41, 5.74) is 0.522. The molecule has 0 bridgehead atoms. The maximum absolute atomic E-state index is 10.6. The minimum atomic E-state index is -0.463. The van der Waals surface area contributed by atoms with Gasteiger partial charge in [-0.05, 0) is 6.07 Å². The van der Waals surface area contributed by atoms with Crippen LogP contribution in [0.15, 0.2) is 28.9 Å². The molecule has 0 spiro atoms. The number of hydrogen-bond acceptors (Lipinski definition) is 4. The van der Waals surface area contributed by atoms with Gasteiger partial charge in [0.2, 0.25) is 0 Å². The number of ether oxygens (including phenoxy) is 1. The van der Waals surface area contributed by atoms with Gasteiger partial charge in [0.25, 0.3) is 5.69 Å². The van der Waals surface area contributed by atoms with Crippen LogP contribution in [0.25, 0.3) is 11.0 Å². The van der Waals surface area contributed by atoms with Crippen molar-refractivity contribution in [1.29, 1.82) is 0 Å². The predicted octanol–water partition coefficient (Wildman–Crippen LogP) is 2.35. The monoisotopic (exact) mass is 193 g/mol. The van der Waals surface area contributed by atoms with Crippen LogP contribution in [-0.4, -0.2) is 12.0 Å². The molecule has 1 heterocycles. The maximum atomic E-state index is 10.6. The fourth-order valence-corrected chi connectivity index (χ4v) is 1.29. The largest absolute Gasteiger partial charge is 0.493 e. The van der Waals surface area contributed by atoms with Crippen LogP contribution in [0.3, 0.4) is 0 Å². The van der Waals surface area contributed by atoms with Crippen LogP contribution in [0.2, 0.25) is 0 Å². The lowest BCUT2D eigenvalue weighted by atomic mass is 10.2. The molecule has 1 aromatic heterocycles. The highest BCUT2D eigenvalue weighted by Gasteiger charge is 2.13. The van der Waals surface area contributed by atoms with Crippen LogP contribution in [0.5, 0.6) is 5.75 Å². The molecular weight excluding hydrogens is 186 g/mol. The first kappa shape index (κ1) is 8.55. The van der Waals surface area contributed by atoms with E-state index in [1.165, 1.54) is 25.5 Å². The summed E-state index contributed by atoms with van der Waals surface area (Å²) in [6, 6.07) is 4.44. The Labute approximate surface area is 79.0 Å². The zero-order valence-corrected chi connectivity index (χ0v) is 7.39. The molecule has 0 aliphatic carbocycles. The number of nitro groups is 1. The van der Waals surface area contributed by atoms with Gasteiger partial charge in [-0.15, -0.1) is 0 Å². The molecule has 2 rings (SSSR count). The Morgan fingerprint density at radius 2 is 2.29 bits per heavy atom. The highest BCUT2D eigenvalue weighted by molar-refractivity contribution is 5.85. The minimum Gasteiger partial charge on any atom is -0.493 e. The number of methoxy groups -OCH3 is 1. The lowest BCUT2D eigenvalue weighted by molar-refractivity contribution is -0.384. The van der Waals surface area contributed by atoms with Gasteiger partial charge in [0.1, 0.15) is 0 Å². The first-order chi connectivity index (χ1) is 6.72. The highest BCUT2D eigenvalue weighted by Crippen LogP contribution is 2.31. The molecule has 0 fully saturated rings. The van der Waals surface area contributed by atoms with E-state index in [4.69, 9.17) is 9.15 Å². The Morgan fingerprint density at radius 1 is 1.50 bits per heavy atom. The molecule has 5 heteroatoms. The fourth-order valence-electron chi connectivity index (χ4n) is 1.29. The van der Waals surface area contributed by atoms with Crippen LogP contribution in [0, 0.1) is 10.1 Å². The summed E-state index contributed by atoms with van der Waals surface area (Å²) in [5.74, 6) is 0.374. The molecule has 0 amide bonds. The Balaban J connectivity index is 2.73. The maximum Gasteiger partial charge on any atom is 0.274 e. The third kappa shape index (κ3) is 1.19. The minimum absolute atomic E-state index is 0.00394. The molecule has 2 aromatic rings. The van der Waals surface area contributed by atoms with E-state index in [1.807, 2.05) is 0 Å². The van der Waals surface area contributed by atoms with Crippen molar-refractivity contribution in [2.75, 3.05) is 7.11 Å². The third-order valence-electron chi connectivity index (χ3n) is 1.93. The second kappa shape index (κ2) is 3.02. The van der Waals surface area contributed by atoms with Crippen LogP contribution >= 0.6 is 0 Å². The van der Waals surface area contributed by atoms with E-state index < -0.39 is 4.92 Å². The Bertz CT molecular complexity index is 489. The predicted molar refractivity (Wildman–Crippen MR) is 49.4 cm³/mol. The number of nitrogens with zero attached hydrogens (tertiary/aromatic N) is 1. The third-order valence-corrected chi connectivity index (χ3v) is 1.93. The summed E-state index contributed by atoms with van der Waals surface area (Å²) < 4.78 is 10.1. The van der Waals surface area contributed by atoms with Gasteiger partial charge in [0.05, 0.1) is 24.4 Å². The summed E-state index contributed by atoms with van der Waals surface area (Å²) in [5, 5.41) is 11.2. The zero-order chi connectivity index (χ0) is 10.1. The Hall–Kier alpha value is -2.04. The summed E-state index contributed by atoms with van der Waals surface area (Å²) >= 11 is 0. The lowest BCUT2D eigenvalue weighted by Crippen LogP contribution is -1.90. The molecule has 0 radical (unpaired) electrons. The van der Waals surface area contributed by atoms with Crippen molar-refractivity contribution >= 4 is 16.7 Å². The molecule has 0 aliphatic rings. The zero-order valence-electron chi connectivity index (χ0n) is 7.39. The van der Waals surface area contributed by atoms with Crippen molar-refractivity contribution in [3.63, 3.8) is 0 Å². The normalized spacial score (nSPS) is 10.4. The quantitative estimate of drug-likeness (QED) is 0.542. The molecule has 0 unspecified atom stereocenters. The van der Waals surface area contributed by atoms with E-state index in [1.54, 1.807) is 6.07 Å². The van der Waals surface area contributed by atoms with Crippen LogP contribution < -0.4 is 4.74 Å². The number of rotatable bonds is 2. The SMILES string of the molecule is COc1cc([N+](=O)[O-])cc2ccoc12. The van der Waals surface area contributed by atoms with Gasteiger partial charge in [-0.3, -0.25) is 10.1 Å². The topological polar surface area (TPSA) is 65.5 Å². The molecule has 5 nitrogen and oxygen atoms in total. The molecule has 0 atom stereocenters. The van der Waals surface area contributed by atoms with E-state index in [-0.39, 0.29) is 5.69 Å². The fraction of sp³-hybridized carbons (Fsp3) is 0.111. The number of fused-ring (bicyclic) bond motifs is 1. The summed E-state index contributed by atoms with van der Waals surface area (Å²) in [4.78, 5) is 10.1. The van der Waals surface area contributed by atoms with Crippen LogP contribution in [0.1, 0.15) is 0 Å². The first-order valence-corrected chi connectivity index (χ1v) is 3.92. The number of nitro benzene ring substituents is 1. The standard InChI is InChI=1S/C9H7NO4/c1-13-8-5-7(10(11)12)4-6-2-3-14-9(6)8/h2-5H,1H3. The van der Waals surface area contributed by atoms with Crippen molar-refractivity contribution in [2.24, 2.45) is 0 Å². The van der Waals surface area contributed by atoms with Crippen molar-refractivity contribution in [1.82, 2.24) is 0 Å². The number of benzene rings is 1. The highest BCUT2D eigenvalue weighted by atomic mass is 16.6. The lowest BCUT2D eigenvalue weighted by Gasteiger charge is -1.99. The van der Waals surface area contributed by atoms with Gasteiger partial charge in [-0.1, -0.05) is 0 Å². The van der Waals surface area contributed by atoms with E-state index in [9.17, 15) is 10.1 Å². The smallest absolute Gasteiger partial charge is 0.274 e. The average molecular weight is 193 g/mol. The molecule has 0 saturated heterocycles. The average Bonchev–Trinajstić information content (AvgIpc) is 2.63. The van der Waals surface area contributed by atoms with Gasteiger partial charge in [-0.2, -0.15) is 0 Å². The Kier molecular flexibility index (Phi) is 1.85. The van der Waals surface area contributed by atoms with E-state index >= 15 is 0 Å². The molecule has 72 valence electrons. The van der Waals surface area contributed by atoms with E-state index in [0.717, 1.165) is 0 Å².